The zero-order valence-corrected chi connectivity index (χ0v) is 14.2. The average molecular weight is 360 g/mol. The van der Waals surface area contributed by atoms with Crippen LogP contribution in [0.3, 0.4) is 0 Å². The van der Waals surface area contributed by atoms with Crippen LogP contribution in [0.15, 0.2) is 59.8 Å². The second kappa shape index (κ2) is 7.94. The first-order valence-corrected chi connectivity index (χ1v) is 8.61. The van der Waals surface area contributed by atoms with Crippen LogP contribution in [0.1, 0.15) is 6.42 Å². The first-order chi connectivity index (χ1) is 11.7. The number of aromatic nitrogens is 4. The van der Waals surface area contributed by atoms with Gasteiger partial charge in [0.25, 0.3) is 0 Å². The van der Waals surface area contributed by atoms with E-state index >= 15 is 0 Å². The van der Waals surface area contributed by atoms with Gasteiger partial charge in [-0.15, -0.1) is 5.10 Å². The lowest BCUT2D eigenvalue weighted by Crippen LogP contribution is -2.12. The molecule has 3 rings (SSSR count). The fourth-order valence-electron chi connectivity index (χ4n) is 2.02. The highest BCUT2D eigenvalue weighted by Crippen LogP contribution is 2.24. The van der Waals surface area contributed by atoms with Gasteiger partial charge < -0.3 is 5.32 Å². The summed E-state index contributed by atoms with van der Waals surface area (Å²) >= 11 is 7.58. The third-order valence-corrected chi connectivity index (χ3v) is 4.38. The van der Waals surface area contributed by atoms with Gasteiger partial charge in [0.2, 0.25) is 11.1 Å². The number of hydrogen-bond donors (Lipinski definition) is 1. The van der Waals surface area contributed by atoms with E-state index in [1.54, 1.807) is 10.7 Å². The Balaban J connectivity index is 1.57. The van der Waals surface area contributed by atoms with Crippen LogP contribution in [0.2, 0.25) is 5.02 Å². The molecule has 0 aliphatic heterocycles. The van der Waals surface area contributed by atoms with E-state index in [0.29, 0.717) is 28.0 Å². The van der Waals surface area contributed by atoms with Crippen molar-refractivity contribution in [1.82, 2.24) is 20.2 Å². The van der Waals surface area contributed by atoms with Crippen molar-refractivity contribution in [3.63, 3.8) is 0 Å². The van der Waals surface area contributed by atoms with Gasteiger partial charge in [0.05, 0.1) is 10.7 Å². The van der Waals surface area contributed by atoms with Gasteiger partial charge in [0.1, 0.15) is 0 Å². The third kappa shape index (κ3) is 4.12. The fourth-order valence-corrected chi connectivity index (χ4v) is 3.06. The molecular weight excluding hydrogens is 346 g/mol. The van der Waals surface area contributed by atoms with Crippen molar-refractivity contribution in [2.75, 3.05) is 11.1 Å². The maximum absolute atomic E-state index is 11.9. The molecule has 0 aliphatic carbocycles. The summed E-state index contributed by atoms with van der Waals surface area (Å²) in [6.07, 6.45) is 0.356. The Hall–Kier alpha value is -2.38. The number of para-hydroxylation sites is 2. The van der Waals surface area contributed by atoms with Crippen molar-refractivity contribution in [2.45, 2.75) is 11.6 Å². The smallest absolute Gasteiger partial charge is 0.225 e. The molecule has 0 radical (unpaired) electrons. The molecule has 0 atom stereocenters. The molecule has 0 unspecified atom stereocenters. The summed E-state index contributed by atoms with van der Waals surface area (Å²) in [6, 6.07) is 16.7. The molecule has 0 saturated heterocycles. The van der Waals surface area contributed by atoms with Gasteiger partial charge in [-0.05, 0) is 34.7 Å². The summed E-state index contributed by atoms with van der Waals surface area (Å²) in [5.74, 6) is 0.509. The molecule has 8 heteroatoms. The molecule has 1 aromatic heterocycles. The minimum absolute atomic E-state index is 0.0505. The Labute approximate surface area is 148 Å². The summed E-state index contributed by atoms with van der Waals surface area (Å²) in [5.41, 5.74) is 1.49. The molecule has 3 aromatic rings. The minimum atomic E-state index is -0.0505. The molecule has 0 fully saturated rings. The Bertz CT molecular complexity index is 824. The highest BCUT2D eigenvalue weighted by atomic mass is 35.5. The number of amides is 1. The Morgan fingerprint density at radius 3 is 2.67 bits per heavy atom. The van der Waals surface area contributed by atoms with Crippen molar-refractivity contribution >= 4 is 35.0 Å². The van der Waals surface area contributed by atoms with Crippen LogP contribution in [0.25, 0.3) is 5.69 Å². The number of hydrogen-bond acceptors (Lipinski definition) is 5. The number of halogens is 1. The number of rotatable bonds is 6. The van der Waals surface area contributed by atoms with Crippen molar-refractivity contribution in [1.29, 1.82) is 0 Å². The van der Waals surface area contributed by atoms with Crippen LogP contribution in [0.5, 0.6) is 0 Å². The lowest BCUT2D eigenvalue weighted by Gasteiger charge is -2.06. The van der Waals surface area contributed by atoms with Crippen molar-refractivity contribution in [3.8, 4) is 5.69 Å². The second-order valence-corrected chi connectivity index (χ2v) is 6.31. The van der Waals surface area contributed by atoms with E-state index in [2.05, 4.69) is 20.8 Å². The molecular formula is C16H14ClN5OS. The highest BCUT2D eigenvalue weighted by molar-refractivity contribution is 7.99. The van der Waals surface area contributed by atoms with E-state index in [0.717, 1.165) is 5.69 Å². The zero-order chi connectivity index (χ0) is 16.8. The number of thioether (sulfide) groups is 1. The average Bonchev–Trinajstić information content (AvgIpc) is 3.04. The van der Waals surface area contributed by atoms with E-state index in [4.69, 9.17) is 11.6 Å². The fraction of sp³-hybridized carbons (Fsp3) is 0.125. The highest BCUT2D eigenvalue weighted by Gasteiger charge is 2.12. The largest absolute Gasteiger partial charge is 0.326 e. The molecule has 1 N–H and O–H groups in total. The molecule has 6 nitrogen and oxygen atoms in total. The van der Waals surface area contributed by atoms with Crippen LogP contribution in [-0.2, 0) is 4.79 Å². The standard InChI is InChI=1S/C16H14ClN5OS/c17-13-8-4-5-9-14(13)22-16(19-20-21-22)24-11-10-15(23)18-12-6-2-1-3-7-12/h1-9H,10-11H2,(H,18,23). The summed E-state index contributed by atoms with van der Waals surface area (Å²) in [6.45, 7) is 0. The SMILES string of the molecule is O=C(CCSc1nnnn1-c1ccccc1Cl)Nc1ccccc1. The van der Waals surface area contributed by atoms with Gasteiger partial charge in [0, 0.05) is 17.9 Å². The van der Waals surface area contributed by atoms with Gasteiger partial charge in [-0.25, -0.2) is 0 Å². The van der Waals surface area contributed by atoms with Crippen LogP contribution < -0.4 is 5.32 Å². The summed E-state index contributed by atoms with van der Waals surface area (Å²) in [5, 5.41) is 15.6. The van der Waals surface area contributed by atoms with Gasteiger partial charge >= 0.3 is 0 Å². The molecule has 1 heterocycles. The maximum atomic E-state index is 11.9. The number of benzene rings is 2. The Morgan fingerprint density at radius 1 is 1.12 bits per heavy atom. The molecule has 1 amide bonds. The molecule has 0 saturated carbocycles. The molecule has 122 valence electrons. The molecule has 0 spiro atoms. The lowest BCUT2D eigenvalue weighted by molar-refractivity contribution is -0.115. The van der Waals surface area contributed by atoms with Gasteiger partial charge in [-0.2, -0.15) is 4.68 Å². The maximum Gasteiger partial charge on any atom is 0.225 e. The van der Waals surface area contributed by atoms with E-state index < -0.39 is 0 Å². The second-order valence-electron chi connectivity index (χ2n) is 4.84. The monoisotopic (exact) mass is 359 g/mol. The van der Waals surface area contributed by atoms with Crippen LogP contribution >= 0.6 is 23.4 Å². The number of carbonyl (C=O) groups is 1. The number of nitrogens with one attached hydrogen (secondary N) is 1. The van der Waals surface area contributed by atoms with Crippen molar-refractivity contribution < 1.29 is 4.79 Å². The number of carbonyl (C=O) groups excluding carboxylic acids is 1. The van der Waals surface area contributed by atoms with E-state index in [1.165, 1.54) is 11.8 Å². The van der Waals surface area contributed by atoms with E-state index in [1.807, 2.05) is 48.5 Å². The first kappa shape index (κ1) is 16.5. The van der Waals surface area contributed by atoms with Crippen LogP contribution in [0.4, 0.5) is 5.69 Å². The van der Waals surface area contributed by atoms with Gasteiger partial charge in [-0.3, -0.25) is 4.79 Å². The summed E-state index contributed by atoms with van der Waals surface area (Å²) in [7, 11) is 0. The number of anilines is 1. The Morgan fingerprint density at radius 2 is 1.88 bits per heavy atom. The normalized spacial score (nSPS) is 10.5. The molecule has 24 heavy (non-hydrogen) atoms. The third-order valence-electron chi connectivity index (χ3n) is 3.14. The minimum Gasteiger partial charge on any atom is -0.326 e. The van der Waals surface area contributed by atoms with E-state index in [-0.39, 0.29) is 5.91 Å². The predicted octanol–water partition coefficient (Wildman–Crippen LogP) is 3.44. The van der Waals surface area contributed by atoms with E-state index in [9.17, 15) is 4.79 Å². The van der Waals surface area contributed by atoms with Gasteiger partial charge in [-0.1, -0.05) is 53.7 Å². The van der Waals surface area contributed by atoms with Crippen LogP contribution in [0, 0.1) is 0 Å². The van der Waals surface area contributed by atoms with Gasteiger partial charge in [0.15, 0.2) is 0 Å². The first-order valence-electron chi connectivity index (χ1n) is 7.25. The zero-order valence-electron chi connectivity index (χ0n) is 12.6. The van der Waals surface area contributed by atoms with Crippen molar-refractivity contribution in [3.05, 3.63) is 59.6 Å². The topological polar surface area (TPSA) is 72.7 Å². The summed E-state index contributed by atoms with van der Waals surface area (Å²) in [4.78, 5) is 11.9. The predicted molar refractivity (Wildman–Crippen MR) is 94.6 cm³/mol. The number of tetrazole rings is 1. The molecule has 0 bridgehead atoms. The molecule has 0 aliphatic rings. The number of nitrogens with zero attached hydrogens (tertiary/aromatic N) is 4. The molecule has 2 aromatic carbocycles. The van der Waals surface area contributed by atoms with Crippen molar-refractivity contribution in [2.24, 2.45) is 0 Å². The van der Waals surface area contributed by atoms with Crippen LogP contribution in [-0.4, -0.2) is 31.9 Å². The lowest BCUT2D eigenvalue weighted by atomic mass is 10.3. The quantitative estimate of drug-likeness (QED) is 0.682. The summed E-state index contributed by atoms with van der Waals surface area (Å²) < 4.78 is 1.57. The Kier molecular flexibility index (Phi) is 5.45.